The molecule has 2 rings (SSSR count). The van der Waals surface area contributed by atoms with Gasteiger partial charge in [0.25, 0.3) is 0 Å². The van der Waals surface area contributed by atoms with Crippen LogP contribution in [-0.4, -0.2) is 11.9 Å². The van der Waals surface area contributed by atoms with Gasteiger partial charge in [0.1, 0.15) is 5.75 Å². The summed E-state index contributed by atoms with van der Waals surface area (Å²) in [6, 6.07) is 11.9. The van der Waals surface area contributed by atoms with E-state index in [4.69, 9.17) is 4.74 Å². The van der Waals surface area contributed by atoms with E-state index in [2.05, 4.69) is 0 Å². The summed E-state index contributed by atoms with van der Waals surface area (Å²) in [4.78, 5) is 12.4. The van der Waals surface area contributed by atoms with E-state index in [1.165, 1.54) is 0 Å². The van der Waals surface area contributed by atoms with Crippen molar-refractivity contribution < 1.29 is 9.53 Å². The van der Waals surface area contributed by atoms with Gasteiger partial charge in [-0.25, -0.2) is 0 Å². The van der Waals surface area contributed by atoms with Crippen LogP contribution in [0.2, 0.25) is 0 Å². The maximum Gasteiger partial charge on any atom is 0.167 e. The van der Waals surface area contributed by atoms with E-state index in [0.29, 0.717) is 12.2 Å². The van der Waals surface area contributed by atoms with Crippen molar-refractivity contribution in [2.45, 2.75) is 39.7 Å². The highest BCUT2D eigenvalue weighted by molar-refractivity contribution is 6.10. The van der Waals surface area contributed by atoms with Crippen LogP contribution in [0.15, 0.2) is 36.4 Å². The molecule has 0 aromatic heterocycles. The molecule has 2 aromatic carbocycles. The number of Topliss-reactive ketones (excluding diaryl/α,β-unsaturated/α-hetero) is 1. The summed E-state index contributed by atoms with van der Waals surface area (Å²) < 4.78 is 5.80. The summed E-state index contributed by atoms with van der Waals surface area (Å²) in [5.74, 6) is 0.863. The van der Waals surface area contributed by atoms with Crippen LogP contribution in [0.3, 0.4) is 0 Å². The molecule has 0 heterocycles. The average molecular weight is 256 g/mol. The van der Waals surface area contributed by atoms with Crippen LogP contribution in [0.5, 0.6) is 5.75 Å². The minimum Gasteiger partial charge on any atom is -0.490 e. The normalized spacial score (nSPS) is 10.9. The highest BCUT2D eigenvalue weighted by Gasteiger charge is 2.16. The van der Waals surface area contributed by atoms with Crippen LogP contribution in [0.25, 0.3) is 10.8 Å². The molecule has 0 aliphatic carbocycles. The zero-order valence-corrected chi connectivity index (χ0v) is 11.8. The fraction of sp³-hybridized carbons (Fsp3) is 0.353. The fourth-order valence-electron chi connectivity index (χ4n) is 2.24. The van der Waals surface area contributed by atoms with Gasteiger partial charge in [-0.15, -0.1) is 0 Å². The predicted octanol–water partition coefficient (Wildman–Crippen LogP) is 4.61. The molecule has 0 amide bonds. The van der Waals surface area contributed by atoms with E-state index in [-0.39, 0.29) is 11.9 Å². The first kappa shape index (κ1) is 13.6. The van der Waals surface area contributed by atoms with Crippen molar-refractivity contribution in [1.82, 2.24) is 0 Å². The summed E-state index contributed by atoms with van der Waals surface area (Å²) in [5, 5.41) is 2.07. The highest BCUT2D eigenvalue weighted by Crippen LogP contribution is 2.30. The number of carbonyl (C=O) groups is 1. The molecule has 100 valence electrons. The minimum atomic E-state index is 0.0642. The standard InChI is InChI=1S/C17H20O2/c1-4-7-15(18)17-14-9-6-5-8-13(14)10-11-16(17)19-12(2)3/h5-6,8-12H,4,7H2,1-3H3. The Hall–Kier alpha value is -1.83. The van der Waals surface area contributed by atoms with Gasteiger partial charge in [-0.3, -0.25) is 4.79 Å². The number of benzene rings is 2. The van der Waals surface area contributed by atoms with Crippen molar-refractivity contribution in [3.8, 4) is 5.75 Å². The van der Waals surface area contributed by atoms with Gasteiger partial charge in [-0.1, -0.05) is 37.3 Å². The van der Waals surface area contributed by atoms with Gasteiger partial charge < -0.3 is 4.74 Å². The van der Waals surface area contributed by atoms with E-state index in [0.717, 1.165) is 22.8 Å². The minimum absolute atomic E-state index is 0.0642. The second kappa shape index (κ2) is 5.87. The zero-order valence-electron chi connectivity index (χ0n) is 11.8. The van der Waals surface area contributed by atoms with Crippen LogP contribution < -0.4 is 4.74 Å². The fourth-order valence-corrected chi connectivity index (χ4v) is 2.24. The van der Waals surface area contributed by atoms with Gasteiger partial charge >= 0.3 is 0 Å². The number of carbonyl (C=O) groups excluding carboxylic acids is 1. The summed E-state index contributed by atoms with van der Waals surface area (Å²) in [5.41, 5.74) is 0.730. The second-order valence-corrected chi connectivity index (χ2v) is 5.00. The smallest absolute Gasteiger partial charge is 0.167 e. The van der Waals surface area contributed by atoms with Gasteiger partial charge in [0, 0.05) is 6.42 Å². The lowest BCUT2D eigenvalue weighted by Gasteiger charge is -2.15. The zero-order chi connectivity index (χ0) is 13.8. The first-order valence-electron chi connectivity index (χ1n) is 6.85. The Balaban J connectivity index is 2.60. The quantitative estimate of drug-likeness (QED) is 0.730. The molecule has 0 aliphatic heterocycles. The third kappa shape index (κ3) is 2.95. The number of rotatable bonds is 5. The Morgan fingerprint density at radius 3 is 2.58 bits per heavy atom. The maximum atomic E-state index is 12.4. The summed E-state index contributed by atoms with van der Waals surface area (Å²) in [7, 11) is 0. The number of hydrogen-bond donors (Lipinski definition) is 0. The molecular formula is C17H20O2. The van der Waals surface area contributed by atoms with E-state index >= 15 is 0 Å². The lowest BCUT2D eigenvalue weighted by Crippen LogP contribution is -2.10. The lowest BCUT2D eigenvalue weighted by molar-refractivity contribution is 0.0978. The van der Waals surface area contributed by atoms with Crippen molar-refractivity contribution in [3.05, 3.63) is 42.0 Å². The highest BCUT2D eigenvalue weighted by atomic mass is 16.5. The van der Waals surface area contributed by atoms with Crippen molar-refractivity contribution in [2.75, 3.05) is 0 Å². The van der Waals surface area contributed by atoms with Crippen LogP contribution in [0, 0.1) is 0 Å². The summed E-state index contributed by atoms with van der Waals surface area (Å²) >= 11 is 0. The van der Waals surface area contributed by atoms with Gasteiger partial charge in [0.2, 0.25) is 0 Å². The van der Waals surface area contributed by atoms with Crippen LogP contribution >= 0.6 is 0 Å². The first-order chi connectivity index (χ1) is 9.13. The third-order valence-corrected chi connectivity index (χ3v) is 3.01. The molecule has 2 aromatic rings. The molecule has 19 heavy (non-hydrogen) atoms. The van der Waals surface area contributed by atoms with Crippen molar-refractivity contribution >= 4 is 16.6 Å². The number of hydrogen-bond acceptors (Lipinski definition) is 2. The average Bonchev–Trinajstić information content (AvgIpc) is 2.38. The SMILES string of the molecule is CCCC(=O)c1c(OC(C)C)ccc2ccccc12. The number of ether oxygens (including phenoxy) is 1. The van der Waals surface area contributed by atoms with E-state index < -0.39 is 0 Å². The lowest BCUT2D eigenvalue weighted by atomic mass is 9.98. The Morgan fingerprint density at radius 1 is 1.16 bits per heavy atom. The van der Waals surface area contributed by atoms with E-state index in [1.54, 1.807) is 0 Å². The second-order valence-electron chi connectivity index (χ2n) is 5.00. The van der Waals surface area contributed by atoms with Gasteiger partial charge in [-0.2, -0.15) is 0 Å². The van der Waals surface area contributed by atoms with E-state index in [1.807, 2.05) is 57.2 Å². The van der Waals surface area contributed by atoms with Crippen LogP contribution in [0.1, 0.15) is 44.0 Å². The first-order valence-corrected chi connectivity index (χ1v) is 6.85. The Kier molecular flexibility index (Phi) is 4.20. The molecule has 2 heteroatoms. The van der Waals surface area contributed by atoms with E-state index in [9.17, 15) is 4.79 Å². The Bertz CT molecular complexity index is 585. The molecule has 0 atom stereocenters. The van der Waals surface area contributed by atoms with Crippen molar-refractivity contribution in [2.24, 2.45) is 0 Å². The molecule has 0 saturated carbocycles. The summed E-state index contributed by atoms with van der Waals surface area (Å²) in [6.45, 7) is 5.97. The molecule has 0 N–H and O–H groups in total. The number of fused-ring (bicyclic) bond motifs is 1. The van der Waals surface area contributed by atoms with Gasteiger partial charge in [-0.05, 0) is 37.1 Å². The Labute approximate surface area is 114 Å². The summed E-state index contributed by atoms with van der Waals surface area (Å²) in [6.07, 6.45) is 1.47. The van der Waals surface area contributed by atoms with Crippen molar-refractivity contribution in [3.63, 3.8) is 0 Å². The van der Waals surface area contributed by atoms with Crippen LogP contribution in [-0.2, 0) is 0 Å². The molecule has 0 saturated heterocycles. The molecule has 0 bridgehead atoms. The largest absolute Gasteiger partial charge is 0.490 e. The van der Waals surface area contributed by atoms with Crippen LogP contribution in [0.4, 0.5) is 0 Å². The molecule has 0 aliphatic rings. The predicted molar refractivity (Wildman–Crippen MR) is 79.0 cm³/mol. The molecular weight excluding hydrogens is 236 g/mol. The Morgan fingerprint density at radius 2 is 1.89 bits per heavy atom. The maximum absolute atomic E-state index is 12.4. The molecule has 0 spiro atoms. The molecule has 0 radical (unpaired) electrons. The van der Waals surface area contributed by atoms with Gasteiger partial charge in [0.05, 0.1) is 11.7 Å². The monoisotopic (exact) mass is 256 g/mol. The molecule has 0 fully saturated rings. The topological polar surface area (TPSA) is 26.3 Å². The number of ketones is 1. The van der Waals surface area contributed by atoms with Crippen molar-refractivity contribution in [1.29, 1.82) is 0 Å². The molecule has 0 unspecified atom stereocenters. The molecule has 2 nitrogen and oxygen atoms in total. The third-order valence-electron chi connectivity index (χ3n) is 3.01. The van der Waals surface area contributed by atoms with Gasteiger partial charge in [0.15, 0.2) is 5.78 Å².